The van der Waals surface area contributed by atoms with Gasteiger partial charge in [0.15, 0.2) is 0 Å². The van der Waals surface area contributed by atoms with Gasteiger partial charge in [-0.25, -0.2) is 15.0 Å². The number of phenolic OH excluding ortho intramolecular Hbond substituents is 1. The van der Waals surface area contributed by atoms with Crippen molar-refractivity contribution < 1.29 is 19.4 Å². The summed E-state index contributed by atoms with van der Waals surface area (Å²) in [6.45, 7) is 0. The van der Waals surface area contributed by atoms with Crippen molar-refractivity contribution >= 4 is 22.6 Å². The van der Waals surface area contributed by atoms with Crippen molar-refractivity contribution in [3.63, 3.8) is 0 Å². The van der Waals surface area contributed by atoms with Gasteiger partial charge in [0.05, 0.1) is 30.8 Å². The lowest BCUT2D eigenvalue weighted by Gasteiger charge is -2.09. The van der Waals surface area contributed by atoms with Crippen LogP contribution in [0.5, 0.6) is 17.5 Å². The molecule has 0 bridgehead atoms. The van der Waals surface area contributed by atoms with Gasteiger partial charge in [-0.3, -0.25) is 4.79 Å². The van der Waals surface area contributed by atoms with Crippen LogP contribution in [0.15, 0.2) is 73.1 Å². The highest BCUT2D eigenvalue weighted by Gasteiger charge is 2.16. The number of hydrogen-bond acceptors (Lipinski definition) is 7. The van der Waals surface area contributed by atoms with E-state index in [4.69, 9.17) is 9.47 Å². The fraction of sp³-hybridized carbons (Fsp3) is 0.0769. The van der Waals surface area contributed by atoms with Gasteiger partial charge in [0, 0.05) is 23.5 Å². The van der Waals surface area contributed by atoms with Crippen LogP contribution in [0.25, 0.3) is 33.5 Å². The fourth-order valence-corrected chi connectivity index (χ4v) is 3.79. The molecule has 9 nitrogen and oxygen atoms in total. The molecule has 0 atom stereocenters. The number of imidazole rings is 1. The van der Waals surface area contributed by atoms with Crippen LogP contribution in [0.1, 0.15) is 10.4 Å². The molecule has 9 heteroatoms. The Balaban J connectivity index is 1.48. The Morgan fingerprint density at radius 2 is 1.69 bits per heavy atom. The summed E-state index contributed by atoms with van der Waals surface area (Å²) in [6, 6.07) is 17.5. The second-order valence-electron chi connectivity index (χ2n) is 7.62. The van der Waals surface area contributed by atoms with E-state index in [-0.39, 0.29) is 11.7 Å². The predicted octanol–water partition coefficient (Wildman–Crippen LogP) is 4.66. The number of anilines is 1. The van der Waals surface area contributed by atoms with E-state index < -0.39 is 0 Å². The normalized spacial score (nSPS) is 10.8. The maximum absolute atomic E-state index is 12.8. The average molecular weight is 467 g/mol. The number of carbonyl (C=O) groups is 1. The van der Waals surface area contributed by atoms with E-state index >= 15 is 0 Å². The molecule has 0 fully saturated rings. The number of amides is 1. The van der Waals surface area contributed by atoms with E-state index in [0.717, 1.165) is 11.1 Å². The minimum Gasteiger partial charge on any atom is -0.507 e. The number of benzene rings is 2. The van der Waals surface area contributed by atoms with Crippen molar-refractivity contribution in [2.45, 2.75) is 0 Å². The second kappa shape index (κ2) is 9.14. The highest BCUT2D eigenvalue weighted by atomic mass is 16.5. The molecule has 0 spiro atoms. The number of aromatic nitrogens is 4. The zero-order valence-electron chi connectivity index (χ0n) is 18.9. The first-order chi connectivity index (χ1) is 17.1. The van der Waals surface area contributed by atoms with Crippen molar-refractivity contribution in [2.75, 3.05) is 19.5 Å². The molecule has 5 aromatic rings. The summed E-state index contributed by atoms with van der Waals surface area (Å²) in [5, 5.41) is 13.4. The standard InChI is InChI=1S/C26H21N5O4/c1-34-25-17(5-3-11-27-25)15-8-10-22(32)18(13-15)23-29-19-9-7-16(14-21(19)30-23)24(33)31-20-6-4-12-28-26(20)35-2/h3-14,32H,1-2H3,(H,29,30)(H,31,33). The first-order valence-electron chi connectivity index (χ1n) is 10.7. The fourth-order valence-electron chi connectivity index (χ4n) is 3.79. The van der Waals surface area contributed by atoms with E-state index in [1.807, 2.05) is 18.2 Å². The minimum absolute atomic E-state index is 0.0669. The van der Waals surface area contributed by atoms with Crippen molar-refractivity contribution in [2.24, 2.45) is 0 Å². The number of pyridine rings is 2. The van der Waals surface area contributed by atoms with Crippen LogP contribution in [0, 0.1) is 0 Å². The zero-order valence-corrected chi connectivity index (χ0v) is 18.9. The molecule has 35 heavy (non-hydrogen) atoms. The van der Waals surface area contributed by atoms with Crippen molar-refractivity contribution in [1.29, 1.82) is 0 Å². The number of aromatic hydroxyl groups is 1. The molecule has 1 amide bonds. The molecule has 0 saturated carbocycles. The van der Waals surface area contributed by atoms with Gasteiger partial charge in [-0.1, -0.05) is 6.07 Å². The highest BCUT2D eigenvalue weighted by Crippen LogP contribution is 2.35. The molecule has 3 N–H and O–H groups in total. The summed E-state index contributed by atoms with van der Waals surface area (Å²) in [7, 11) is 3.05. The van der Waals surface area contributed by atoms with Crippen molar-refractivity contribution in [3.8, 4) is 40.0 Å². The lowest BCUT2D eigenvalue weighted by Crippen LogP contribution is -2.12. The number of nitrogens with zero attached hydrogens (tertiary/aromatic N) is 3. The van der Waals surface area contributed by atoms with E-state index in [2.05, 4.69) is 25.3 Å². The van der Waals surface area contributed by atoms with Gasteiger partial charge in [-0.2, -0.15) is 0 Å². The molecular weight excluding hydrogens is 446 g/mol. The van der Waals surface area contributed by atoms with Crippen LogP contribution in [0.4, 0.5) is 5.69 Å². The molecule has 0 aliphatic heterocycles. The predicted molar refractivity (Wildman–Crippen MR) is 132 cm³/mol. The molecule has 0 saturated heterocycles. The largest absolute Gasteiger partial charge is 0.507 e. The SMILES string of the molecule is COc1ncccc1NC(=O)c1ccc2nc(-c3cc(-c4cccnc4OC)ccc3O)[nH]c2c1. The Bertz CT molecular complexity index is 1550. The van der Waals surface area contributed by atoms with Gasteiger partial charge in [-0.15, -0.1) is 0 Å². The monoisotopic (exact) mass is 467 g/mol. The zero-order chi connectivity index (χ0) is 24.4. The summed E-state index contributed by atoms with van der Waals surface area (Å²) >= 11 is 0. The average Bonchev–Trinajstić information content (AvgIpc) is 3.32. The van der Waals surface area contributed by atoms with E-state index in [1.54, 1.807) is 62.0 Å². The van der Waals surface area contributed by atoms with Crippen LogP contribution < -0.4 is 14.8 Å². The molecule has 0 radical (unpaired) electrons. The van der Waals surface area contributed by atoms with Gasteiger partial charge in [0.25, 0.3) is 5.91 Å². The number of fused-ring (bicyclic) bond motifs is 1. The Hall–Kier alpha value is -4.92. The Kier molecular flexibility index (Phi) is 5.72. The summed E-state index contributed by atoms with van der Waals surface area (Å²) in [5.41, 5.74) is 4.31. The quantitative estimate of drug-likeness (QED) is 0.332. The number of carbonyl (C=O) groups excluding carboxylic acids is 1. The van der Waals surface area contributed by atoms with Crippen molar-refractivity contribution in [3.05, 3.63) is 78.6 Å². The number of rotatable bonds is 6. The van der Waals surface area contributed by atoms with Crippen LogP contribution in [-0.2, 0) is 0 Å². The third-order valence-corrected chi connectivity index (χ3v) is 5.48. The molecule has 3 heterocycles. The summed E-state index contributed by atoms with van der Waals surface area (Å²) in [5.74, 6) is 1.02. The molecular formula is C26H21N5O4. The van der Waals surface area contributed by atoms with Gasteiger partial charge in [-0.05, 0) is 60.2 Å². The maximum atomic E-state index is 12.8. The first-order valence-corrected chi connectivity index (χ1v) is 10.7. The number of phenols is 1. The van der Waals surface area contributed by atoms with Gasteiger partial charge in [0.2, 0.25) is 11.8 Å². The summed E-state index contributed by atoms with van der Waals surface area (Å²) < 4.78 is 10.6. The van der Waals surface area contributed by atoms with Crippen LogP contribution in [0.2, 0.25) is 0 Å². The molecule has 0 aliphatic carbocycles. The molecule has 5 rings (SSSR count). The Morgan fingerprint density at radius 3 is 2.49 bits per heavy atom. The van der Waals surface area contributed by atoms with E-state index in [9.17, 15) is 9.90 Å². The van der Waals surface area contributed by atoms with Gasteiger partial charge >= 0.3 is 0 Å². The number of nitrogens with one attached hydrogen (secondary N) is 2. The summed E-state index contributed by atoms with van der Waals surface area (Å²) in [4.78, 5) is 29.0. The molecule has 3 aromatic heterocycles. The van der Waals surface area contributed by atoms with Crippen LogP contribution in [0.3, 0.4) is 0 Å². The number of hydrogen-bond donors (Lipinski definition) is 3. The Morgan fingerprint density at radius 1 is 0.914 bits per heavy atom. The number of methoxy groups -OCH3 is 2. The third-order valence-electron chi connectivity index (χ3n) is 5.48. The van der Waals surface area contributed by atoms with Gasteiger partial charge in [0.1, 0.15) is 17.3 Å². The smallest absolute Gasteiger partial charge is 0.255 e. The minimum atomic E-state index is -0.317. The summed E-state index contributed by atoms with van der Waals surface area (Å²) in [6.07, 6.45) is 3.24. The highest BCUT2D eigenvalue weighted by molar-refractivity contribution is 6.06. The molecule has 2 aromatic carbocycles. The second-order valence-corrected chi connectivity index (χ2v) is 7.62. The number of ether oxygens (including phenoxy) is 2. The van der Waals surface area contributed by atoms with E-state index in [1.165, 1.54) is 7.11 Å². The number of H-pyrrole nitrogens is 1. The first kappa shape index (κ1) is 21.9. The van der Waals surface area contributed by atoms with Crippen LogP contribution >= 0.6 is 0 Å². The molecule has 0 unspecified atom stereocenters. The van der Waals surface area contributed by atoms with E-state index in [0.29, 0.717) is 45.4 Å². The lowest BCUT2D eigenvalue weighted by atomic mass is 10.0. The lowest BCUT2D eigenvalue weighted by molar-refractivity contribution is 0.102. The van der Waals surface area contributed by atoms with Crippen LogP contribution in [-0.4, -0.2) is 45.2 Å². The molecule has 174 valence electrons. The Labute approximate surface area is 200 Å². The van der Waals surface area contributed by atoms with Gasteiger partial charge < -0.3 is 24.9 Å². The topological polar surface area (TPSA) is 122 Å². The maximum Gasteiger partial charge on any atom is 0.255 e. The number of aromatic amines is 1. The third kappa shape index (κ3) is 4.22. The molecule has 0 aliphatic rings. The van der Waals surface area contributed by atoms with Crippen molar-refractivity contribution in [1.82, 2.24) is 19.9 Å².